The molecule has 0 aliphatic carbocycles. The molecule has 0 N–H and O–H groups in total. The first-order chi connectivity index (χ1) is 25.7. The molecule has 244 valence electrons. The lowest BCUT2D eigenvalue weighted by atomic mass is 10.1. The maximum absolute atomic E-state index is 6.52. The molecule has 5 heteroatoms. The SMILES string of the molecule is c1ccc(-c2nc(-c3ccccc3)nc(-c3ccc4c(c3)oc3ccc(N(c5ccc6ccccc6c5)c5ccc6ccccc6c5)cc34)n2)cc1. The summed E-state index contributed by atoms with van der Waals surface area (Å²) in [5.41, 5.74) is 7.53. The van der Waals surface area contributed by atoms with Gasteiger partial charge < -0.3 is 9.32 Å². The average molecular weight is 667 g/mol. The normalized spacial score (nSPS) is 11.5. The number of anilines is 3. The topological polar surface area (TPSA) is 55.1 Å². The minimum Gasteiger partial charge on any atom is -0.456 e. The lowest BCUT2D eigenvalue weighted by Gasteiger charge is -2.26. The lowest BCUT2D eigenvalue weighted by Crippen LogP contribution is -2.09. The van der Waals surface area contributed by atoms with E-state index >= 15 is 0 Å². The lowest BCUT2D eigenvalue weighted by molar-refractivity contribution is 0.669. The molecule has 0 radical (unpaired) electrons. The van der Waals surface area contributed by atoms with Gasteiger partial charge in [-0.2, -0.15) is 0 Å². The van der Waals surface area contributed by atoms with E-state index in [9.17, 15) is 0 Å². The second-order valence-electron chi connectivity index (χ2n) is 12.9. The number of benzene rings is 8. The third kappa shape index (κ3) is 5.32. The van der Waals surface area contributed by atoms with E-state index in [1.54, 1.807) is 0 Å². The van der Waals surface area contributed by atoms with Gasteiger partial charge in [0, 0.05) is 44.5 Å². The average Bonchev–Trinajstić information content (AvgIpc) is 3.59. The van der Waals surface area contributed by atoms with Crippen molar-refractivity contribution in [3.8, 4) is 34.2 Å². The molecule has 0 unspecified atom stereocenters. The number of rotatable bonds is 6. The van der Waals surface area contributed by atoms with Gasteiger partial charge in [0.25, 0.3) is 0 Å². The van der Waals surface area contributed by atoms with Crippen LogP contribution >= 0.6 is 0 Å². The zero-order valence-corrected chi connectivity index (χ0v) is 28.0. The Morgan fingerprint density at radius 3 is 1.38 bits per heavy atom. The summed E-state index contributed by atoms with van der Waals surface area (Å²) < 4.78 is 6.52. The zero-order valence-electron chi connectivity index (χ0n) is 28.0. The molecule has 0 aliphatic rings. The van der Waals surface area contributed by atoms with Crippen LogP contribution in [-0.4, -0.2) is 15.0 Å². The number of hydrogen-bond donors (Lipinski definition) is 0. The molecule has 0 atom stereocenters. The van der Waals surface area contributed by atoms with Gasteiger partial charge >= 0.3 is 0 Å². The van der Waals surface area contributed by atoms with Gasteiger partial charge in [0.15, 0.2) is 17.5 Å². The summed E-state index contributed by atoms with van der Waals surface area (Å²) in [7, 11) is 0. The molecule has 10 rings (SSSR count). The zero-order chi connectivity index (χ0) is 34.4. The first-order valence-corrected chi connectivity index (χ1v) is 17.3. The van der Waals surface area contributed by atoms with Crippen LogP contribution in [0.4, 0.5) is 17.1 Å². The van der Waals surface area contributed by atoms with E-state index in [0.29, 0.717) is 17.5 Å². The monoisotopic (exact) mass is 666 g/mol. The highest BCUT2D eigenvalue weighted by molar-refractivity contribution is 6.07. The van der Waals surface area contributed by atoms with Crippen LogP contribution in [0.25, 0.3) is 77.6 Å². The van der Waals surface area contributed by atoms with Crippen molar-refractivity contribution in [2.75, 3.05) is 4.90 Å². The van der Waals surface area contributed by atoms with Crippen molar-refractivity contribution < 1.29 is 4.42 Å². The number of furan rings is 1. The molecule has 0 saturated heterocycles. The fourth-order valence-electron chi connectivity index (χ4n) is 7.06. The maximum atomic E-state index is 6.52. The van der Waals surface area contributed by atoms with Crippen molar-refractivity contribution in [3.05, 3.63) is 182 Å². The largest absolute Gasteiger partial charge is 0.456 e. The van der Waals surface area contributed by atoms with E-state index in [2.05, 4.69) is 120 Å². The van der Waals surface area contributed by atoms with Gasteiger partial charge in [-0.3, -0.25) is 0 Å². The van der Waals surface area contributed by atoms with Crippen LogP contribution in [0.3, 0.4) is 0 Å². The van der Waals surface area contributed by atoms with E-state index in [1.165, 1.54) is 21.5 Å². The Bertz CT molecular complexity index is 2780. The van der Waals surface area contributed by atoms with Crippen LogP contribution in [0.2, 0.25) is 0 Å². The Morgan fingerprint density at radius 2 is 0.808 bits per heavy atom. The molecule has 8 aromatic carbocycles. The first-order valence-electron chi connectivity index (χ1n) is 17.3. The summed E-state index contributed by atoms with van der Waals surface area (Å²) in [6.45, 7) is 0. The standard InChI is InChI=1S/C47H30N4O/c1-3-13-33(14-4-1)45-48-46(34-15-5-2-6-16-34)50-47(49-45)37-21-25-41-42-30-40(24-26-43(42)52-44(41)29-37)51(38-22-19-31-11-7-9-17-35(31)27-38)39-23-20-32-12-8-10-18-36(32)28-39/h1-30H. The summed E-state index contributed by atoms with van der Waals surface area (Å²) in [6.07, 6.45) is 0. The molecule has 0 saturated carbocycles. The highest BCUT2D eigenvalue weighted by Gasteiger charge is 2.18. The van der Waals surface area contributed by atoms with Gasteiger partial charge in [-0.05, 0) is 76.1 Å². The van der Waals surface area contributed by atoms with E-state index in [0.717, 1.165) is 55.7 Å². The van der Waals surface area contributed by atoms with Crippen molar-refractivity contribution in [1.82, 2.24) is 15.0 Å². The highest BCUT2D eigenvalue weighted by atomic mass is 16.3. The molecular formula is C47H30N4O. The summed E-state index contributed by atoms with van der Waals surface area (Å²) >= 11 is 0. The molecule has 5 nitrogen and oxygen atoms in total. The predicted octanol–water partition coefficient (Wildman–Crippen LogP) is 12.5. The van der Waals surface area contributed by atoms with Gasteiger partial charge in [0.05, 0.1) is 0 Å². The van der Waals surface area contributed by atoms with Crippen molar-refractivity contribution in [3.63, 3.8) is 0 Å². The maximum Gasteiger partial charge on any atom is 0.164 e. The smallest absolute Gasteiger partial charge is 0.164 e. The van der Waals surface area contributed by atoms with Crippen molar-refractivity contribution >= 4 is 60.5 Å². The van der Waals surface area contributed by atoms with Crippen LogP contribution in [0.1, 0.15) is 0 Å². The van der Waals surface area contributed by atoms with E-state index in [4.69, 9.17) is 19.4 Å². The molecule has 10 aromatic rings. The minimum absolute atomic E-state index is 0.592. The number of fused-ring (bicyclic) bond motifs is 5. The Labute approximate surface area is 300 Å². The van der Waals surface area contributed by atoms with E-state index < -0.39 is 0 Å². The quantitative estimate of drug-likeness (QED) is 0.177. The second kappa shape index (κ2) is 12.3. The number of hydrogen-bond acceptors (Lipinski definition) is 5. The minimum atomic E-state index is 0.592. The summed E-state index contributed by atoms with van der Waals surface area (Å²) in [5.74, 6) is 1.84. The highest BCUT2D eigenvalue weighted by Crippen LogP contribution is 2.41. The summed E-state index contributed by atoms with van der Waals surface area (Å²) in [4.78, 5) is 17.1. The van der Waals surface area contributed by atoms with Crippen LogP contribution in [-0.2, 0) is 0 Å². The van der Waals surface area contributed by atoms with Crippen LogP contribution in [0.5, 0.6) is 0 Å². The van der Waals surface area contributed by atoms with Gasteiger partial charge in [0.1, 0.15) is 11.2 Å². The Hall–Kier alpha value is -7.11. The summed E-state index contributed by atoms with van der Waals surface area (Å²) in [5, 5.41) is 6.87. The first kappa shape index (κ1) is 29.8. The fourth-order valence-corrected chi connectivity index (χ4v) is 7.06. The predicted molar refractivity (Wildman–Crippen MR) is 213 cm³/mol. The third-order valence-corrected chi connectivity index (χ3v) is 9.65. The molecular weight excluding hydrogens is 637 g/mol. The Kier molecular flexibility index (Phi) is 7.07. The molecule has 0 bridgehead atoms. The molecule has 2 heterocycles. The molecule has 0 fully saturated rings. The molecule has 0 amide bonds. The Balaban J connectivity index is 1.11. The van der Waals surface area contributed by atoms with Gasteiger partial charge in [-0.1, -0.05) is 127 Å². The molecule has 52 heavy (non-hydrogen) atoms. The van der Waals surface area contributed by atoms with Crippen molar-refractivity contribution in [2.45, 2.75) is 0 Å². The van der Waals surface area contributed by atoms with Crippen LogP contribution in [0.15, 0.2) is 186 Å². The van der Waals surface area contributed by atoms with Crippen LogP contribution < -0.4 is 4.90 Å². The van der Waals surface area contributed by atoms with Gasteiger partial charge in [-0.25, -0.2) is 15.0 Å². The fraction of sp³-hybridized carbons (Fsp3) is 0. The molecule has 2 aromatic heterocycles. The van der Waals surface area contributed by atoms with Crippen LogP contribution in [0, 0.1) is 0 Å². The van der Waals surface area contributed by atoms with E-state index in [1.807, 2.05) is 66.7 Å². The third-order valence-electron chi connectivity index (χ3n) is 9.65. The Morgan fingerprint density at radius 1 is 0.327 bits per heavy atom. The van der Waals surface area contributed by atoms with E-state index in [-0.39, 0.29) is 0 Å². The molecule has 0 spiro atoms. The summed E-state index contributed by atoms with van der Waals surface area (Å²) in [6, 6.07) is 63.0. The van der Waals surface area contributed by atoms with Gasteiger partial charge in [0.2, 0.25) is 0 Å². The second-order valence-corrected chi connectivity index (χ2v) is 12.9. The molecule has 0 aliphatic heterocycles. The number of nitrogens with zero attached hydrogens (tertiary/aromatic N) is 4. The van der Waals surface area contributed by atoms with Crippen molar-refractivity contribution in [1.29, 1.82) is 0 Å². The number of aromatic nitrogens is 3. The van der Waals surface area contributed by atoms with Gasteiger partial charge in [-0.15, -0.1) is 0 Å². The van der Waals surface area contributed by atoms with Crippen molar-refractivity contribution in [2.24, 2.45) is 0 Å².